The number of anilines is 1. The fraction of sp³-hybridized carbons (Fsp3) is 0.500. The first-order chi connectivity index (χ1) is 11.8. The van der Waals surface area contributed by atoms with Crippen molar-refractivity contribution >= 4 is 11.6 Å². The summed E-state index contributed by atoms with van der Waals surface area (Å²) in [5.74, 6) is 1.31. The van der Waals surface area contributed by atoms with Gasteiger partial charge in [-0.05, 0) is 50.2 Å². The molecule has 0 unspecified atom stereocenters. The zero-order chi connectivity index (χ0) is 16.5. The van der Waals surface area contributed by atoms with Crippen molar-refractivity contribution in [1.82, 2.24) is 20.1 Å². The van der Waals surface area contributed by atoms with Crippen LogP contribution in [0.4, 0.5) is 5.69 Å². The lowest BCUT2D eigenvalue weighted by Gasteiger charge is -2.23. The minimum Gasteiger partial charge on any atom is -0.384 e. The van der Waals surface area contributed by atoms with Crippen LogP contribution in [0.2, 0.25) is 0 Å². The number of nitrogens with one attached hydrogen (secondary N) is 2. The van der Waals surface area contributed by atoms with Crippen molar-refractivity contribution in [3.05, 3.63) is 41.5 Å². The predicted octanol–water partition coefficient (Wildman–Crippen LogP) is 2.54. The third kappa shape index (κ3) is 2.77. The normalized spacial score (nSPS) is 17.7. The number of hydrogen-bond donors (Lipinski definition) is 2. The van der Waals surface area contributed by atoms with E-state index in [2.05, 4.69) is 26.8 Å². The minimum atomic E-state index is -0.0561. The summed E-state index contributed by atoms with van der Waals surface area (Å²) in [5.41, 5.74) is 2.96. The van der Waals surface area contributed by atoms with E-state index in [4.69, 9.17) is 0 Å². The van der Waals surface area contributed by atoms with Gasteiger partial charge in [-0.25, -0.2) is 9.67 Å². The summed E-state index contributed by atoms with van der Waals surface area (Å²) in [5, 5.41) is 10.9. The number of carbonyl (C=O) groups excluding carboxylic acids is 1. The molecule has 6 nitrogen and oxygen atoms in total. The second-order valence-electron chi connectivity index (χ2n) is 6.59. The van der Waals surface area contributed by atoms with Gasteiger partial charge >= 0.3 is 0 Å². The van der Waals surface area contributed by atoms with Gasteiger partial charge in [-0.2, -0.15) is 5.10 Å². The molecule has 24 heavy (non-hydrogen) atoms. The van der Waals surface area contributed by atoms with E-state index < -0.39 is 0 Å². The number of aromatic nitrogens is 3. The van der Waals surface area contributed by atoms with E-state index in [9.17, 15) is 4.79 Å². The molecule has 0 bridgehead atoms. The highest BCUT2D eigenvalue weighted by molar-refractivity contribution is 6.00. The third-order valence-electron chi connectivity index (χ3n) is 4.92. The number of benzene rings is 1. The molecule has 1 amide bonds. The van der Waals surface area contributed by atoms with E-state index in [0.717, 1.165) is 55.8 Å². The average Bonchev–Trinajstić information content (AvgIpc) is 3.35. The molecule has 1 aromatic carbocycles. The van der Waals surface area contributed by atoms with Gasteiger partial charge in [0.1, 0.15) is 12.2 Å². The predicted molar refractivity (Wildman–Crippen MR) is 91.9 cm³/mol. The van der Waals surface area contributed by atoms with Crippen molar-refractivity contribution in [2.45, 2.75) is 45.2 Å². The zero-order valence-electron chi connectivity index (χ0n) is 14.0. The monoisotopic (exact) mass is 325 g/mol. The summed E-state index contributed by atoms with van der Waals surface area (Å²) < 4.78 is 1.88. The standard InChI is InChI=1S/C18H23N5O/c1-2-23-17(20-11-21-23)16(13-8-9-13)22-18(24)14-7-3-5-12-6-4-10-19-15(12)14/h3,5,7,11,13,16,19H,2,4,6,8-10H2,1H3,(H,22,24)/t16-/m1/s1. The molecule has 2 heterocycles. The molecular weight excluding hydrogens is 302 g/mol. The van der Waals surface area contributed by atoms with Crippen LogP contribution in [0.5, 0.6) is 0 Å². The minimum absolute atomic E-state index is 0.0243. The topological polar surface area (TPSA) is 71.8 Å². The Bertz CT molecular complexity index is 750. The molecule has 0 spiro atoms. The molecule has 0 saturated heterocycles. The van der Waals surface area contributed by atoms with Crippen molar-refractivity contribution < 1.29 is 4.79 Å². The second kappa shape index (κ2) is 6.26. The molecule has 1 aliphatic heterocycles. The highest BCUT2D eigenvalue weighted by Crippen LogP contribution is 2.40. The first kappa shape index (κ1) is 15.2. The molecule has 2 N–H and O–H groups in total. The molecule has 1 atom stereocenters. The van der Waals surface area contributed by atoms with Crippen LogP contribution in [0.1, 0.15) is 54.0 Å². The van der Waals surface area contributed by atoms with Crippen LogP contribution in [0.3, 0.4) is 0 Å². The Morgan fingerprint density at radius 3 is 3.12 bits per heavy atom. The van der Waals surface area contributed by atoms with Gasteiger partial charge < -0.3 is 10.6 Å². The quantitative estimate of drug-likeness (QED) is 0.886. The number of para-hydroxylation sites is 1. The lowest BCUT2D eigenvalue weighted by atomic mass is 9.98. The number of hydrogen-bond acceptors (Lipinski definition) is 4. The zero-order valence-corrected chi connectivity index (χ0v) is 14.0. The fourth-order valence-electron chi connectivity index (χ4n) is 3.50. The summed E-state index contributed by atoms with van der Waals surface area (Å²) in [6.07, 6.45) is 5.98. The van der Waals surface area contributed by atoms with Crippen molar-refractivity contribution in [1.29, 1.82) is 0 Å². The first-order valence-electron chi connectivity index (χ1n) is 8.82. The van der Waals surface area contributed by atoms with Crippen molar-refractivity contribution in [3.8, 4) is 0 Å². The molecule has 4 rings (SSSR count). The molecule has 6 heteroatoms. The molecule has 1 saturated carbocycles. The van der Waals surface area contributed by atoms with Gasteiger partial charge in [-0.1, -0.05) is 12.1 Å². The van der Waals surface area contributed by atoms with Crippen LogP contribution >= 0.6 is 0 Å². The van der Waals surface area contributed by atoms with Crippen LogP contribution < -0.4 is 10.6 Å². The SMILES string of the molecule is CCn1ncnc1[C@H](NC(=O)c1cccc2c1NCCC2)C1CC1. The highest BCUT2D eigenvalue weighted by atomic mass is 16.1. The summed E-state index contributed by atoms with van der Waals surface area (Å²) >= 11 is 0. The maximum absolute atomic E-state index is 12.9. The molecule has 2 aliphatic rings. The lowest BCUT2D eigenvalue weighted by Crippen LogP contribution is -2.33. The molecule has 126 valence electrons. The van der Waals surface area contributed by atoms with Gasteiger partial charge in [0, 0.05) is 13.1 Å². The Morgan fingerprint density at radius 1 is 1.46 bits per heavy atom. The Balaban J connectivity index is 1.61. The third-order valence-corrected chi connectivity index (χ3v) is 4.92. The summed E-state index contributed by atoms with van der Waals surface area (Å²) in [6.45, 7) is 3.73. The maximum Gasteiger partial charge on any atom is 0.253 e. The Morgan fingerprint density at radius 2 is 2.33 bits per heavy atom. The van der Waals surface area contributed by atoms with Gasteiger partial charge in [-0.3, -0.25) is 4.79 Å². The molecule has 1 aliphatic carbocycles. The Kier molecular flexibility index (Phi) is 3.96. The fourth-order valence-corrected chi connectivity index (χ4v) is 3.50. The van der Waals surface area contributed by atoms with Gasteiger partial charge in [-0.15, -0.1) is 0 Å². The van der Waals surface area contributed by atoms with Gasteiger partial charge in [0.25, 0.3) is 5.91 Å². The Labute approximate surface area is 141 Å². The van der Waals surface area contributed by atoms with Crippen LogP contribution in [-0.2, 0) is 13.0 Å². The van der Waals surface area contributed by atoms with Crippen molar-refractivity contribution in [2.75, 3.05) is 11.9 Å². The average molecular weight is 325 g/mol. The smallest absolute Gasteiger partial charge is 0.253 e. The number of aryl methyl sites for hydroxylation is 2. The number of carbonyl (C=O) groups is 1. The summed E-state index contributed by atoms with van der Waals surface area (Å²) in [4.78, 5) is 17.3. The summed E-state index contributed by atoms with van der Waals surface area (Å²) in [7, 11) is 0. The Hall–Kier alpha value is -2.37. The molecule has 2 aromatic rings. The maximum atomic E-state index is 12.9. The number of amides is 1. The van der Waals surface area contributed by atoms with Crippen LogP contribution in [0, 0.1) is 5.92 Å². The molecular formula is C18H23N5O. The molecule has 1 fully saturated rings. The van der Waals surface area contributed by atoms with E-state index >= 15 is 0 Å². The number of nitrogens with zero attached hydrogens (tertiary/aromatic N) is 3. The molecule has 1 aromatic heterocycles. The highest BCUT2D eigenvalue weighted by Gasteiger charge is 2.36. The van der Waals surface area contributed by atoms with Crippen LogP contribution in [0.25, 0.3) is 0 Å². The van der Waals surface area contributed by atoms with Gasteiger partial charge in [0.15, 0.2) is 0 Å². The summed E-state index contributed by atoms with van der Waals surface area (Å²) in [6, 6.07) is 5.92. The van der Waals surface area contributed by atoms with E-state index in [-0.39, 0.29) is 11.9 Å². The second-order valence-corrected chi connectivity index (χ2v) is 6.59. The largest absolute Gasteiger partial charge is 0.384 e. The molecule has 0 radical (unpaired) electrons. The van der Waals surface area contributed by atoms with E-state index in [1.165, 1.54) is 5.56 Å². The van der Waals surface area contributed by atoms with Crippen molar-refractivity contribution in [3.63, 3.8) is 0 Å². The first-order valence-corrected chi connectivity index (χ1v) is 8.82. The number of fused-ring (bicyclic) bond motifs is 1. The van der Waals surface area contributed by atoms with Crippen molar-refractivity contribution in [2.24, 2.45) is 5.92 Å². The number of rotatable bonds is 5. The van der Waals surface area contributed by atoms with Gasteiger partial charge in [0.05, 0.1) is 17.3 Å². The van der Waals surface area contributed by atoms with Gasteiger partial charge in [0.2, 0.25) is 0 Å². The lowest BCUT2D eigenvalue weighted by molar-refractivity contribution is 0.0929. The van der Waals surface area contributed by atoms with E-state index in [0.29, 0.717) is 5.92 Å². The van der Waals surface area contributed by atoms with Crippen LogP contribution in [-0.4, -0.2) is 27.2 Å². The van der Waals surface area contributed by atoms with E-state index in [1.54, 1.807) is 6.33 Å². The van der Waals surface area contributed by atoms with Crippen LogP contribution in [0.15, 0.2) is 24.5 Å². The van der Waals surface area contributed by atoms with E-state index in [1.807, 2.05) is 23.7 Å².